The van der Waals surface area contributed by atoms with Gasteiger partial charge < -0.3 is 34.6 Å². The van der Waals surface area contributed by atoms with Gasteiger partial charge in [0.25, 0.3) is 0 Å². The standard InChI is InChI=1S/C29H44O8/c1-15-23(31)24(32)25(33)26(36-15)37-18-6-9-27(2)17(13-18)4-5-21-20(27)7-10-28(3)19(8-11-29(21,28)34)16-12-22(30)35-14-16/h12,15,17-21,23-26,31-34H,4-11,13-14H2,1-3H3/t15-,17+,18-,19+,20-,21+,23+,24+,25-,26+,27-,28+,29-/m0/s1. The van der Waals surface area contributed by atoms with E-state index in [0.29, 0.717) is 18.4 Å². The maximum Gasteiger partial charge on any atom is 0.331 e. The molecule has 5 fully saturated rings. The topological polar surface area (TPSA) is 126 Å². The Labute approximate surface area is 219 Å². The minimum Gasteiger partial charge on any atom is -0.458 e. The van der Waals surface area contributed by atoms with Crippen LogP contribution in [0.5, 0.6) is 0 Å². The highest BCUT2D eigenvalue weighted by Gasteiger charge is 2.67. The third-order valence-electron chi connectivity index (χ3n) is 12.1. The molecule has 0 bridgehead atoms. The first-order valence-corrected chi connectivity index (χ1v) is 14.4. The zero-order valence-electron chi connectivity index (χ0n) is 22.3. The van der Waals surface area contributed by atoms with Crippen LogP contribution in [0.15, 0.2) is 11.6 Å². The van der Waals surface area contributed by atoms with Crippen LogP contribution in [-0.2, 0) is 19.0 Å². The molecule has 0 radical (unpaired) electrons. The molecule has 0 amide bonds. The molecule has 0 aromatic rings. The molecule has 6 aliphatic rings. The van der Waals surface area contributed by atoms with Crippen molar-refractivity contribution in [2.45, 2.75) is 121 Å². The van der Waals surface area contributed by atoms with Crippen LogP contribution < -0.4 is 0 Å². The highest BCUT2D eigenvalue weighted by molar-refractivity contribution is 5.85. The number of aliphatic hydroxyl groups excluding tert-OH is 3. The van der Waals surface area contributed by atoms with E-state index in [2.05, 4.69) is 13.8 Å². The van der Waals surface area contributed by atoms with Gasteiger partial charge in [0.15, 0.2) is 6.29 Å². The van der Waals surface area contributed by atoms with Gasteiger partial charge in [-0.15, -0.1) is 0 Å². The van der Waals surface area contributed by atoms with Crippen LogP contribution >= 0.6 is 0 Å². The number of rotatable bonds is 3. The molecule has 4 aliphatic carbocycles. The Kier molecular flexibility index (Phi) is 6.37. The smallest absolute Gasteiger partial charge is 0.331 e. The average molecular weight is 521 g/mol. The Morgan fingerprint density at radius 3 is 2.46 bits per heavy atom. The molecule has 6 rings (SSSR count). The van der Waals surface area contributed by atoms with E-state index < -0.39 is 36.3 Å². The van der Waals surface area contributed by atoms with E-state index >= 15 is 0 Å². The fourth-order valence-electron chi connectivity index (χ4n) is 9.81. The molecule has 8 nitrogen and oxygen atoms in total. The molecule has 1 saturated heterocycles. The lowest BCUT2D eigenvalue weighted by molar-refractivity contribution is -0.310. The number of ether oxygens (including phenoxy) is 3. The number of cyclic esters (lactones) is 1. The van der Waals surface area contributed by atoms with Crippen LogP contribution in [0.4, 0.5) is 0 Å². The van der Waals surface area contributed by atoms with Gasteiger partial charge in [-0.05, 0) is 99.4 Å². The van der Waals surface area contributed by atoms with Gasteiger partial charge in [-0.2, -0.15) is 0 Å². The predicted octanol–water partition coefficient (Wildman–Crippen LogP) is 2.46. The summed E-state index contributed by atoms with van der Waals surface area (Å²) < 4.78 is 17.2. The molecule has 0 unspecified atom stereocenters. The zero-order chi connectivity index (χ0) is 26.3. The van der Waals surface area contributed by atoms with Crippen LogP contribution in [-0.4, -0.2) is 75.4 Å². The monoisotopic (exact) mass is 520 g/mol. The van der Waals surface area contributed by atoms with E-state index in [4.69, 9.17) is 14.2 Å². The van der Waals surface area contributed by atoms with Gasteiger partial charge in [-0.3, -0.25) is 0 Å². The summed E-state index contributed by atoms with van der Waals surface area (Å²) in [5.41, 5.74) is 0.243. The van der Waals surface area contributed by atoms with Gasteiger partial charge in [0, 0.05) is 11.5 Å². The fraction of sp³-hybridized carbons (Fsp3) is 0.897. The molecular weight excluding hydrogens is 476 g/mol. The second-order valence-electron chi connectivity index (χ2n) is 13.5. The molecule has 0 aromatic carbocycles. The lowest BCUT2D eigenvalue weighted by Crippen LogP contribution is -2.62. The minimum absolute atomic E-state index is 0.0661. The van der Waals surface area contributed by atoms with Crippen molar-refractivity contribution in [3.8, 4) is 0 Å². The number of aliphatic hydroxyl groups is 4. The van der Waals surface area contributed by atoms with Crippen molar-refractivity contribution in [3.63, 3.8) is 0 Å². The molecule has 8 heteroatoms. The molecular formula is C29H44O8. The third kappa shape index (κ3) is 3.80. The second-order valence-corrected chi connectivity index (χ2v) is 13.5. The molecule has 13 atom stereocenters. The van der Waals surface area contributed by atoms with Gasteiger partial charge in [0.05, 0.1) is 17.8 Å². The summed E-state index contributed by atoms with van der Waals surface area (Å²) in [6, 6.07) is 0. The number of carbonyl (C=O) groups is 1. The van der Waals surface area contributed by atoms with Crippen LogP contribution in [0.2, 0.25) is 0 Å². The predicted molar refractivity (Wildman–Crippen MR) is 133 cm³/mol. The lowest BCUT2D eigenvalue weighted by Gasteiger charge is -2.64. The summed E-state index contributed by atoms with van der Waals surface area (Å²) in [6.45, 7) is 6.73. The summed E-state index contributed by atoms with van der Waals surface area (Å²) in [6.07, 6.45) is 4.88. The summed E-state index contributed by atoms with van der Waals surface area (Å²) in [5, 5.41) is 43.0. The summed E-state index contributed by atoms with van der Waals surface area (Å²) in [5.74, 6) is 1.14. The van der Waals surface area contributed by atoms with Crippen molar-refractivity contribution in [2.75, 3.05) is 6.61 Å². The van der Waals surface area contributed by atoms with Crippen molar-refractivity contribution in [3.05, 3.63) is 11.6 Å². The highest BCUT2D eigenvalue weighted by Crippen LogP contribution is 2.70. The zero-order valence-corrected chi connectivity index (χ0v) is 22.3. The van der Waals surface area contributed by atoms with Crippen LogP contribution in [0.3, 0.4) is 0 Å². The maximum atomic E-state index is 12.4. The molecule has 4 N–H and O–H groups in total. The lowest BCUT2D eigenvalue weighted by atomic mass is 9.43. The summed E-state index contributed by atoms with van der Waals surface area (Å²) in [7, 11) is 0. The van der Waals surface area contributed by atoms with E-state index in [1.807, 2.05) is 0 Å². The fourth-order valence-corrected chi connectivity index (χ4v) is 9.81. The van der Waals surface area contributed by atoms with Crippen LogP contribution in [0, 0.1) is 34.5 Å². The van der Waals surface area contributed by atoms with E-state index in [9.17, 15) is 25.2 Å². The minimum atomic E-state index is -1.28. The maximum absolute atomic E-state index is 12.4. The van der Waals surface area contributed by atoms with Crippen molar-refractivity contribution < 1.29 is 39.4 Å². The quantitative estimate of drug-likeness (QED) is 0.330. The first-order chi connectivity index (χ1) is 17.5. The number of carbonyl (C=O) groups excluding carboxylic acids is 1. The van der Waals surface area contributed by atoms with E-state index in [1.54, 1.807) is 13.0 Å². The van der Waals surface area contributed by atoms with E-state index in [1.165, 1.54) is 0 Å². The number of esters is 1. The van der Waals surface area contributed by atoms with Crippen molar-refractivity contribution in [1.82, 2.24) is 0 Å². The molecule has 2 aliphatic heterocycles. The van der Waals surface area contributed by atoms with E-state index in [0.717, 1.165) is 63.4 Å². The average Bonchev–Trinajstić information content (AvgIpc) is 3.41. The van der Waals surface area contributed by atoms with Crippen LogP contribution in [0.25, 0.3) is 0 Å². The van der Waals surface area contributed by atoms with Crippen LogP contribution in [0.1, 0.15) is 78.6 Å². The largest absolute Gasteiger partial charge is 0.458 e. The summed E-state index contributed by atoms with van der Waals surface area (Å²) in [4.78, 5) is 11.8. The third-order valence-corrected chi connectivity index (χ3v) is 12.1. The van der Waals surface area contributed by atoms with Crippen molar-refractivity contribution in [1.29, 1.82) is 0 Å². The molecule has 2 heterocycles. The Hall–Kier alpha value is -1.03. The highest BCUT2D eigenvalue weighted by atomic mass is 16.7. The normalized spacial score (nSPS) is 55.6. The first-order valence-electron chi connectivity index (χ1n) is 14.4. The number of hydrogen-bond acceptors (Lipinski definition) is 8. The Bertz CT molecular complexity index is 952. The Morgan fingerprint density at radius 1 is 0.946 bits per heavy atom. The van der Waals surface area contributed by atoms with Crippen molar-refractivity contribution >= 4 is 5.97 Å². The van der Waals surface area contributed by atoms with E-state index in [-0.39, 0.29) is 34.7 Å². The first kappa shape index (κ1) is 26.2. The molecule has 0 aromatic heterocycles. The van der Waals surface area contributed by atoms with Gasteiger partial charge in [-0.1, -0.05) is 13.8 Å². The van der Waals surface area contributed by atoms with Gasteiger partial charge in [-0.25, -0.2) is 4.79 Å². The Balaban J connectivity index is 1.16. The summed E-state index contributed by atoms with van der Waals surface area (Å²) >= 11 is 0. The Morgan fingerprint density at radius 2 is 1.73 bits per heavy atom. The van der Waals surface area contributed by atoms with Gasteiger partial charge >= 0.3 is 5.97 Å². The molecule has 0 spiro atoms. The number of fused-ring (bicyclic) bond motifs is 5. The van der Waals surface area contributed by atoms with Gasteiger partial charge in [0.1, 0.15) is 24.9 Å². The second kappa shape index (κ2) is 9.00. The number of hydrogen-bond donors (Lipinski definition) is 4. The molecule has 4 saturated carbocycles. The molecule has 208 valence electrons. The molecule has 37 heavy (non-hydrogen) atoms. The van der Waals surface area contributed by atoms with Crippen molar-refractivity contribution in [2.24, 2.45) is 34.5 Å². The van der Waals surface area contributed by atoms with Gasteiger partial charge in [0.2, 0.25) is 0 Å². The SMILES string of the molecule is C[C@@H]1O[C@H](O[C@H]2CC[C@@]3(C)[C@H](CC[C@@H]4[C@@H]3CC[C@]3(C)[C@@H](C5=CC(=O)OC5)CC[C@]43O)C2)[C@@H](O)[C@H](O)[C@@H]1O.